The van der Waals surface area contributed by atoms with Crippen LogP contribution < -0.4 is 14.8 Å². The van der Waals surface area contributed by atoms with E-state index in [1.807, 2.05) is 24.3 Å². The van der Waals surface area contributed by atoms with Gasteiger partial charge < -0.3 is 14.8 Å². The number of amides is 1. The van der Waals surface area contributed by atoms with Gasteiger partial charge in [-0.3, -0.25) is 9.78 Å². The summed E-state index contributed by atoms with van der Waals surface area (Å²) in [7, 11) is 0. The Morgan fingerprint density at radius 1 is 1.10 bits per heavy atom. The highest BCUT2D eigenvalue weighted by Gasteiger charge is 2.14. The van der Waals surface area contributed by atoms with E-state index >= 15 is 0 Å². The van der Waals surface area contributed by atoms with Crippen molar-refractivity contribution in [3.8, 4) is 22.8 Å². The number of anilines is 1. The van der Waals surface area contributed by atoms with Gasteiger partial charge in [-0.05, 0) is 36.4 Å². The van der Waals surface area contributed by atoms with Crippen LogP contribution in [0.3, 0.4) is 0 Å². The minimum absolute atomic E-state index is 0.161. The van der Waals surface area contributed by atoms with Crippen LogP contribution in [0.1, 0.15) is 0 Å². The Hall–Kier alpha value is -3.66. The molecule has 1 aromatic carbocycles. The van der Waals surface area contributed by atoms with E-state index in [2.05, 4.69) is 25.6 Å². The normalized spacial score (nSPS) is 12.7. The maximum atomic E-state index is 12.4. The van der Waals surface area contributed by atoms with Crippen LogP contribution >= 0.6 is 11.8 Å². The molecule has 0 bridgehead atoms. The summed E-state index contributed by atoms with van der Waals surface area (Å²) in [6.07, 6.45) is 3.45. The molecule has 0 saturated carbocycles. The van der Waals surface area contributed by atoms with Gasteiger partial charge in [-0.15, -0.1) is 10.2 Å². The van der Waals surface area contributed by atoms with Crippen molar-refractivity contribution in [2.45, 2.75) is 5.16 Å². The second kappa shape index (κ2) is 7.99. The van der Waals surface area contributed by atoms with Crippen LogP contribution in [0.2, 0.25) is 0 Å². The molecule has 0 fully saturated rings. The maximum Gasteiger partial charge on any atom is 0.234 e. The summed E-state index contributed by atoms with van der Waals surface area (Å²) in [6, 6.07) is 12.8. The summed E-state index contributed by atoms with van der Waals surface area (Å²) in [5, 5.41) is 16.2. The second-order valence-electron chi connectivity index (χ2n) is 6.41. The highest BCUT2D eigenvalue weighted by Crippen LogP contribution is 2.32. The van der Waals surface area contributed by atoms with Gasteiger partial charge in [0.1, 0.15) is 13.2 Å². The largest absolute Gasteiger partial charge is 0.486 e. The number of rotatable bonds is 5. The number of fused-ring (bicyclic) bond motifs is 2. The van der Waals surface area contributed by atoms with Gasteiger partial charge in [-0.25, -0.2) is 0 Å². The molecule has 0 aliphatic carbocycles. The van der Waals surface area contributed by atoms with Gasteiger partial charge >= 0.3 is 0 Å². The lowest BCUT2D eigenvalue weighted by atomic mass is 10.2. The summed E-state index contributed by atoms with van der Waals surface area (Å²) < 4.78 is 12.7. The molecular formula is C20H16N6O3S. The molecule has 150 valence electrons. The van der Waals surface area contributed by atoms with Crippen LogP contribution in [0, 0.1) is 0 Å². The van der Waals surface area contributed by atoms with Gasteiger partial charge in [-0.1, -0.05) is 11.8 Å². The fraction of sp³-hybridized carbons (Fsp3) is 0.150. The van der Waals surface area contributed by atoms with Crippen LogP contribution in [-0.2, 0) is 4.79 Å². The van der Waals surface area contributed by atoms with Crippen molar-refractivity contribution in [2.75, 3.05) is 24.3 Å². The van der Waals surface area contributed by atoms with Crippen LogP contribution in [0.15, 0.2) is 60.0 Å². The van der Waals surface area contributed by atoms with E-state index in [-0.39, 0.29) is 11.7 Å². The van der Waals surface area contributed by atoms with Crippen molar-refractivity contribution >= 4 is 29.0 Å². The van der Waals surface area contributed by atoms with Gasteiger partial charge in [-0.2, -0.15) is 9.61 Å². The number of aromatic nitrogens is 5. The summed E-state index contributed by atoms with van der Waals surface area (Å²) in [4.78, 5) is 16.5. The molecule has 4 heterocycles. The number of nitrogens with zero attached hydrogens (tertiary/aromatic N) is 5. The molecule has 5 rings (SSSR count). The van der Waals surface area contributed by atoms with Crippen LogP contribution in [0.25, 0.3) is 16.9 Å². The van der Waals surface area contributed by atoms with Crippen LogP contribution in [0.5, 0.6) is 11.5 Å². The number of nitrogens with one attached hydrogen (secondary N) is 1. The quantitative estimate of drug-likeness (QED) is 0.492. The molecule has 9 nitrogen and oxygen atoms in total. The number of hydrogen-bond acceptors (Lipinski definition) is 8. The molecule has 3 aromatic heterocycles. The zero-order valence-corrected chi connectivity index (χ0v) is 16.5. The van der Waals surface area contributed by atoms with Gasteiger partial charge in [0.2, 0.25) is 11.1 Å². The first-order valence-electron chi connectivity index (χ1n) is 9.21. The van der Waals surface area contributed by atoms with E-state index in [1.54, 1.807) is 35.1 Å². The van der Waals surface area contributed by atoms with Crippen molar-refractivity contribution in [1.82, 2.24) is 24.8 Å². The fourth-order valence-corrected chi connectivity index (χ4v) is 3.66. The molecule has 0 atom stereocenters. The number of pyridine rings is 1. The Bertz CT molecular complexity index is 1210. The van der Waals surface area contributed by atoms with Crippen molar-refractivity contribution in [1.29, 1.82) is 0 Å². The third kappa shape index (κ3) is 3.77. The van der Waals surface area contributed by atoms with Crippen molar-refractivity contribution < 1.29 is 14.3 Å². The number of ether oxygens (including phenoxy) is 2. The van der Waals surface area contributed by atoms with E-state index in [9.17, 15) is 4.79 Å². The summed E-state index contributed by atoms with van der Waals surface area (Å²) >= 11 is 1.26. The number of carbonyl (C=O) groups is 1. The Labute approximate surface area is 175 Å². The molecule has 1 aliphatic rings. The number of hydrogen-bond donors (Lipinski definition) is 1. The predicted octanol–water partition coefficient (Wildman–Crippen LogP) is 2.69. The van der Waals surface area contributed by atoms with E-state index in [4.69, 9.17) is 9.47 Å². The first-order chi connectivity index (χ1) is 14.8. The average molecular weight is 420 g/mol. The molecule has 30 heavy (non-hydrogen) atoms. The minimum Gasteiger partial charge on any atom is -0.486 e. The average Bonchev–Trinajstić information content (AvgIpc) is 3.20. The topological polar surface area (TPSA) is 104 Å². The zero-order chi connectivity index (χ0) is 20.3. The lowest BCUT2D eigenvalue weighted by molar-refractivity contribution is -0.113. The number of benzene rings is 1. The molecule has 0 unspecified atom stereocenters. The Morgan fingerprint density at radius 2 is 2.00 bits per heavy atom. The third-order valence-corrected chi connectivity index (χ3v) is 5.27. The second-order valence-corrected chi connectivity index (χ2v) is 7.35. The summed E-state index contributed by atoms with van der Waals surface area (Å²) in [6.45, 7) is 1.02. The first-order valence-corrected chi connectivity index (χ1v) is 10.2. The van der Waals surface area contributed by atoms with Gasteiger partial charge in [0.15, 0.2) is 17.1 Å². The van der Waals surface area contributed by atoms with E-state index in [0.29, 0.717) is 41.2 Å². The molecule has 4 aromatic rings. The van der Waals surface area contributed by atoms with E-state index in [1.165, 1.54) is 11.8 Å². The van der Waals surface area contributed by atoms with Crippen molar-refractivity contribution in [3.63, 3.8) is 0 Å². The lowest BCUT2D eigenvalue weighted by Gasteiger charge is -2.18. The summed E-state index contributed by atoms with van der Waals surface area (Å²) in [5.74, 6) is 1.30. The third-order valence-electron chi connectivity index (χ3n) is 4.35. The van der Waals surface area contributed by atoms with Crippen LogP contribution in [-0.4, -0.2) is 49.7 Å². The van der Waals surface area contributed by atoms with E-state index < -0.39 is 0 Å². The molecule has 0 saturated heterocycles. The van der Waals surface area contributed by atoms with Gasteiger partial charge in [0, 0.05) is 29.7 Å². The van der Waals surface area contributed by atoms with Crippen LogP contribution in [0.4, 0.5) is 5.69 Å². The highest BCUT2D eigenvalue weighted by atomic mass is 32.2. The number of carbonyl (C=O) groups excluding carboxylic acids is 1. The van der Waals surface area contributed by atoms with Gasteiger partial charge in [0.05, 0.1) is 11.4 Å². The SMILES string of the molecule is O=C(CSc1nnc2ccc(-c3cccnc3)nn12)Nc1ccc2c(c1)OCCO2. The molecule has 10 heteroatoms. The standard InChI is InChI=1S/C20H16N6O3S/c27-19(22-14-3-5-16-17(10-14)29-9-8-28-16)12-30-20-24-23-18-6-4-15(25-26(18)20)13-2-1-7-21-11-13/h1-7,10-11H,8-9,12H2,(H,22,27). The molecule has 1 aliphatic heterocycles. The van der Waals surface area contributed by atoms with Crippen molar-refractivity contribution in [2.24, 2.45) is 0 Å². The summed E-state index contributed by atoms with van der Waals surface area (Å²) in [5.41, 5.74) is 2.89. The number of thioether (sulfide) groups is 1. The molecule has 1 N–H and O–H groups in total. The fourth-order valence-electron chi connectivity index (χ4n) is 2.98. The first kappa shape index (κ1) is 18.4. The van der Waals surface area contributed by atoms with Crippen molar-refractivity contribution in [3.05, 3.63) is 54.9 Å². The Morgan fingerprint density at radius 3 is 2.87 bits per heavy atom. The lowest BCUT2D eigenvalue weighted by Crippen LogP contribution is -2.17. The molecule has 1 amide bonds. The monoisotopic (exact) mass is 420 g/mol. The minimum atomic E-state index is -0.170. The Balaban J connectivity index is 1.28. The smallest absolute Gasteiger partial charge is 0.234 e. The maximum absolute atomic E-state index is 12.4. The molecule has 0 radical (unpaired) electrons. The molecule has 0 spiro atoms. The zero-order valence-electron chi connectivity index (χ0n) is 15.7. The Kier molecular flexibility index (Phi) is 4.89. The highest BCUT2D eigenvalue weighted by molar-refractivity contribution is 7.99. The van der Waals surface area contributed by atoms with Gasteiger partial charge in [0.25, 0.3) is 0 Å². The predicted molar refractivity (Wildman–Crippen MR) is 111 cm³/mol. The molecular weight excluding hydrogens is 404 g/mol. The van der Waals surface area contributed by atoms with E-state index in [0.717, 1.165) is 11.3 Å².